The van der Waals surface area contributed by atoms with Crippen molar-refractivity contribution < 1.29 is 18.8 Å². The van der Waals surface area contributed by atoms with Gasteiger partial charge in [-0.2, -0.15) is 4.98 Å². The molecule has 0 saturated carbocycles. The van der Waals surface area contributed by atoms with Gasteiger partial charge >= 0.3 is 0 Å². The van der Waals surface area contributed by atoms with E-state index in [-0.39, 0.29) is 19.1 Å². The molecule has 128 valence electrons. The van der Waals surface area contributed by atoms with E-state index in [0.717, 1.165) is 5.56 Å². The number of ether oxygens (including phenoxy) is 2. The van der Waals surface area contributed by atoms with Crippen LogP contribution < -0.4 is 14.8 Å². The third kappa shape index (κ3) is 4.57. The molecule has 0 fully saturated rings. The SMILES string of the molecule is COc1cccc(-c2noc(CNC(=O)COc3ccccc3)n2)c1. The maximum Gasteiger partial charge on any atom is 0.258 e. The van der Waals surface area contributed by atoms with Crippen molar-refractivity contribution in [2.24, 2.45) is 0 Å². The summed E-state index contributed by atoms with van der Waals surface area (Å²) >= 11 is 0. The number of carbonyl (C=O) groups is 1. The zero-order valence-electron chi connectivity index (χ0n) is 13.6. The van der Waals surface area contributed by atoms with E-state index in [1.165, 1.54) is 0 Å². The first-order chi connectivity index (χ1) is 12.2. The van der Waals surface area contributed by atoms with Crippen LogP contribution in [0.2, 0.25) is 0 Å². The molecule has 3 aromatic rings. The van der Waals surface area contributed by atoms with Gasteiger partial charge in [0.2, 0.25) is 11.7 Å². The number of nitrogens with zero attached hydrogens (tertiary/aromatic N) is 2. The van der Waals surface area contributed by atoms with E-state index < -0.39 is 0 Å². The molecule has 0 aliphatic carbocycles. The Morgan fingerprint density at radius 1 is 1.12 bits per heavy atom. The zero-order chi connectivity index (χ0) is 17.5. The normalized spacial score (nSPS) is 10.3. The van der Waals surface area contributed by atoms with E-state index in [9.17, 15) is 4.79 Å². The molecule has 0 bridgehead atoms. The Morgan fingerprint density at radius 2 is 1.92 bits per heavy atom. The van der Waals surface area contributed by atoms with E-state index in [4.69, 9.17) is 14.0 Å². The summed E-state index contributed by atoms with van der Waals surface area (Å²) in [5.74, 6) is 1.81. The number of rotatable bonds is 7. The lowest BCUT2D eigenvalue weighted by Gasteiger charge is -2.05. The number of hydrogen-bond acceptors (Lipinski definition) is 6. The molecule has 7 nitrogen and oxygen atoms in total. The van der Waals surface area contributed by atoms with Gasteiger partial charge in [0.05, 0.1) is 13.7 Å². The maximum atomic E-state index is 11.8. The van der Waals surface area contributed by atoms with Gasteiger partial charge < -0.3 is 19.3 Å². The number of hydrogen-bond donors (Lipinski definition) is 1. The van der Waals surface area contributed by atoms with Gasteiger partial charge in [0.1, 0.15) is 11.5 Å². The smallest absolute Gasteiger partial charge is 0.258 e. The second-order valence-electron chi connectivity index (χ2n) is 5.12. The Kier molecular flexibility index (Phi) is 5.26. The average Bonchev–Trinajstić information content (AvgIpc) is 3.15. The van der Waals surface area contributed by atoms with Gasteiger partial charge in [0, 0.05) is 5.56 Å². The molecule has 0 saturated heterocycles. The van der Waals surface area contributed by atoms with Crippen LogP contribution in [0.15, 0.2) is 59.1 Å². The van der Waals surface area contributed by atoms with Gasteiger partial charge in [-0.05, 0) is 24.3 Å². The minimum atomic E-state index is -0.273. The standard InChI is InChI=1S/C18H17N3O4/c1-23-15-9-5-6-13(10-15)18-20-17(25-21-18)11-19-16(22)12-24-14-7-3-2-4-8-14/h2-10H,11-12H2,1H3,(H,19,22). The lowest BCUT2D eigenvalue weighted by molar-refractivity contribution is -0.123. The van der Waals surface area contributed by atoms with E-state index in [1.807, 2.05) is 36.4 Å². The summed E-state index contributed by atoms with van der Waals surface area (Å²) in [7, 11) is 1.59. The Bertz CT molecular complexity index is 833. The summed E-state index contributed by atoms with van der Waals surface area (Å²) in [6.07, 6.45) is 0. The number of para-hydroxylation sites is 1. The Morgan fingerprint density at radius 3 is 2.72 bits per heavy atom. The maximum absolute atomic E-state index is 11.8. The molecule has 0 aliphatic heterocycles. The fourth-order valence-electron chi connectivity index (χ4n) is 2.10. The average molecular weight is 339 g/mol. The largest absolute Gasteiger partial charge is 0.497 e. The Hall–Kier alpha value is -3.35. The monoisotopic (exact) mass is 339 g/mol. The highest BCUT2D eigenvalue weighted by molar-refractivity contribution is 5.77. The molecule has 0 unspecified atom stereocenters. The number of aromatic nitrogens is 2. The van der Waals surface area contributed by atoms with Crippen LogP contribution in [0.1, 0.15) is 5.89 Å². The van der Waals surface area contributed by atoms with Crippen LogP contribution in [-0.4, -0.2) is 29.8 Å². The molecule has 1 aromatic heterocycles. The first-order valence-corrected chi connectivity index (χ1v) is 7.66. The highest BCUT2D eigenvalue weighted by Gasteiger charge is 2.11. The third-order valence-electron chi connectivity index (χ3n) is 3.35. The zero-order valence-corrected chi connectivity index (χ0v) is 13.6. The molecule has 7 heteroatoms. The van der Waals surface area contributed by atoms with Crippen LogP contribution in [0.4, 0.5) is 0 Å². The summed E-state index contributed by atoms with van der Waals surface area (Å²) in [6.45, 7) is 0.0504. The minimum absolute atomic E-state index is 0.0824. The van der Waals surface area contributed by atoms with Gasteiger partial charge in [-0.15, -0.1) is 0 Å². The number of amides is 1. The van der Waals surface area contributed by atoms with E-state index in [0.29, 0.717) is 23.2 Å². The summed E-state index contributed by atoms with van der Waals surface area (Å²) in [5, 5.41) is 6.58. The molecule has 1 N–H and O–H groups in total. The molecule has 0 aliphatic rings. The third-order valence-corrected chi connectivity index (χ3v) is 3.35. The highest BCUT2D eigenvalue weighted by atomic mass is 16.5. The summed E-state index contributed by atoms with van der Waals surface area (Å²) in [4.78, 5) is 16.1. The number of benzene rings is 2. The van der Waals surface area contributed by atoms with Crippen molar-refractivity contribution in [3.05, 3.63) is 60.5 Å². The molecule has 0 spiro atoms. The number of nitrogens with one attached hydrogen (secondary N) is 1. The van der Waals surface area contributed by atoms with Gasteiger partial charge in [-0.3, -0.25) is 4.79 Å². The lowest BCUT2D eigenvalue weighted by atomic mass is 10.2. The van der Waals surface area contributed by atoms with Crippen molar-refractivity contribution in [1.82, 2.24) is 15.5 Å². The molecular formula is C18H17N3O4. The van der Waals surface area contributed by atoms with Crippen LogP contribution in [0.5, 0.6) is 11.5 Å². The van der Waals surface area contributed by atoms with Crippen molar-refractivity contribution in [2.75, 3.05) is 13.7 Å². The van der Waals surface area contributed by atoms with Crippen LogP contribution in [0.25, 0.3) is 11.4 Å². The first kappa shape index (κ1) is 16.5. The molecule has 2 aromatic carbocycles. The van der Waals surface area contributed by atoms with E-state index in [2.05, 4.69) is 15.5 Å². The quantitative estimate of drug-likeness (QED) is 0.711. The second kappa shape index (κ2) is 7.96. The molecule has 1 heterocycles. The van der Waals surface area contributed by atoms with Gasteiger partial charge in [-0.1, -0.05) is 35.5 Å². The van der Waals surface area contributed by atoms with Crippen molar-refractivity contribution in [3.8, 4) is 22.9 Å². The van der Waals surface area contributed by atoms with Crippen LogP contribution in [-0.2, 0) is 11.3 Å². The van der Waals surface area contributed by atoms with Crippen molar-refractivity contribution in [1.29, 1.82) is 0 Å². The van der Waals surface area contributed by atoms with Crippen LogP contribution >= 0.6 is 0 Å². The van der Waals surface area contributed by atoms with Gasteiger partial charge in [-0.25, -0.2) is 0 Å². The molecule has 0 radical (unpaired) electrons. The molecule has 25 heavy (non-hydrogen) atoms. The predicted octanol–water partition coefficient (Wildman–Crippen LogP) is 2.44. The fourth-order valence-corrected chi connectivity index (χ4v) is 2.10. The van der Waals surface area contributed by atoms with Crippen molar-refractivity contribution in [3.63, 3.8) is 0 Å². The number of methoxy groups -OCH3 is 1. The summed E-state index contributed by atoms with van der Waals surface area (Å²) in [6, 6.07) is 16.5. The Balaban J connectivity index is 1.52. The van der Waals surface area contributed by atoms with Crippen LogP contribution in [0, 0.1) is 0 Å². The van der Waals surface area contributed by atoms with E-state index >= 15 is 0 Å². The van der Waals surface area contributed by atoms with Crippen molar-refractivity contribution >= 4 is 5.91 Å². The first-order valence-electron chi connectivity index (χ1n) is 7.66. The minimum Gasteiger partial charge on any atom is -0.497 e. The van der Waals surface area contributed by atoms with Crippen LogP contribution in [0.3, 0.4) is 0 Å². The molecule has 0 atom stereocenters. The lowest BCUT2D eigenvalue weighted by Crippen LogP contribution is -2.28. The van der Waals surface area contributed by atoms with Gasteiger partial charge in [0.15, 0.2) is 6.61 Å². The number of carbonyl (C=O) groups excluding carboxylic acids is 1. The second-order valence-corrected chi connectivity index (χ2v) is 5.12. The molecule has 1 amide bonds. The molecule has 3 rings (SSSR count). The van der Waals surface area contributed by atoms with E-state index in [1.54, 1.807) is 25.3 Å². The molecular weight excluding hydrogens is 322 g/mol. The van der Waals surface area contributed by atoms with Gasteiger partial charge in [0.25, 0.3) is 5.91 Å². The van der Waals surface area contributed by atoms with Crippen molar-refractivity contribution in [2.45, 2.75) is 6.54 Å². The predicted molar refractivity (Wildman–Crippen MR) is 90.1 cm³/mol. The Labute approximate surface area is 144 Å². The highest BCUT2D eigenvalue weighted by Crippen LogP contribution is 2.21. The summed E-state index contributed by atoms with van der Waals surface area (Å²) < 4.78 is 15.7. The topological polar surface area (TPSA) is 86.5 Å². The fraction of sp³-hybridized carbons (Fsp3) is 0.167. The summed E-state index contributed by atoms with van der Waals surface area (Å²) in [5.41, 5.74) is 0.771.